The van der Waals surface area contributed by atoms with Crippen LogP contribution >= 0.6 is 0 Å². The smallest absolute Gasteiger partial charge is 0.180 e. The van der Waals surface area contributed by atoms with Gasteiger partial charge in [-0.3, -0.25) is 0 Å². The van der Waals surface area contributed by atoms with Crippen molar-refractivity contribution in [3.05, 3.63) is 24.3 Å². The molecule has 1 fully saturated rings. The third-order valence-corrected chi connectivity index (χ3v) is 5.59. The van der Waals surface area contributed by atoms with E-state index in [-0.39, 0.29) is 5.75 Å². The SMILES string of the molecule is CCCS(=O)(=O)c1ccccc1N1CCC(CN)C1. The van der Waals surface area contributed by atoms with Gasteiger partial charge in [-0.15, -0.1) is 0 Å². The predicted octanol–water partition coefficient (Wildman–Crippen LogP) is 1.66. The fraction of sp³-hybridized carbons (Fsp3) is 0.571. The van der Waals surface area contributed by atoms with Gasteiger partial charge in [-0.05, 0) is 37.4 Å². The molecule has 2 N–H and O–H groups in total. The lowest BCUT2D eigenvalue weighted by Crippen LogP contribution is -2.24. The van der Waals surface area contributed by atoms with Crippen LogP contribution in [0.3, 0.4) is 0 Å². The van der Waals surface area contributed by atoms with Gasteiger partial charge >= 0.3 is 0 Å². The number of anilines is 1. The van der Waals surface area contributed by atoms with E-state index < -0.39 is 9.84 Å². The van der Waals surface area contributed by atoms with Crippen LogP contribution in [0.1, 0.15) is 19.8 Å². The second-order valence-electron chi connectivity index (χ2n) is 5.12. The van der Waals surface area contributed by atoms with Crippen molar-refractivity contribution in [3.63, 3.8) is 0 Å². The molecule has 4 nitrogen and oxygen atoms in total. The molecule has 19 heavy (non-hydrogen) atoms. The summed E-state index contributed by atoms with van der Waals surface area (Å²) in [4.78, 5) is 2.62. The van der Waals surface area contributed by atoms with Crippen molar-refractivity contribution in [2.75, 3.05) is 30.3 Å². The first-order valence-corrected chi connectivity index (χ1v) is 8.50. The molecule has 106 valence electrons. The number of hydrogen-bond donors (Lipinski definition) is 1. The molecular formula is C14H22N2O2S. The largest absolute Gasteiger partial charge is 0.370 e. The minimum Gasteiger partial charge on any atom is -0.370 e. The van der Waals surface area contributed by atoms with Gasteiger partial charge in [0, 0.05) is 13.1 Å². The lowest BCUT2D eigenvalue weighted by Gasteiger charge is -2.21. The van der Waals surface area contributed by atoms with Crippen molar-refractivity contribution >= 4 is 15.5 Å². The van der Waals surface area contributed by atoms with Gasteiger partial charge in [0.05, 0.1) is 16.3 Å². The molecule has 1 aromatic carbocycles. The molecule has 0 bridgehead atoms. The zero-order chi connectivity index (χ0) is 13.9. The average molecular weight is 282 g/mol. The van der Waals surface area contributed by atoms with Crippen LogP contribution in [0, 0.1) is 5.92 Å². The molecule has 1 aromatic rings. The number of sulfone groups is 1. The molecule has 0 spiro atoms. The van der Waals surface area contributed by atoms with Gasteiger partial charge in [-0.25, -0.2) is 8.42 Å². The van der Waals surface area contributed by atoms with Gasteiger partial charge in [0.25, 0.3) is 0 Å². The van der Waals surface area contributed by atoms with Crippen LogP contribution in [0.2, 0.25) is 0 Å². The van der Waals surface area contributed by atoms with Crippen molar-refractivity contribution in [1.82, 2.24) is 0 Å². The first kappa shape index (κ1) is 14.3. The Morgan fingerprint density at radius 2 is 2.11 bits per heavy atom. The van der Waals surface area contributed by atoms with Crippen LogP contribution < -0.4 is 10.6 Å². The van der Waals surface area contributed by atoms with Crippen LogP contribution in [0.25, 0.3) is 0 Å². The summed E-state index contributed by atoms with van der Waals surface area (Å²) in [6.45, 7) is 4.30. The summed E-state index contributed by atoms with van der Waals surface area (Å²) in [5.74, 6) is 0.681. The van der Waals surface area contributed by atoms with E-state index in [0.717, 1.165) is 25.2 Å². The second-order valence-corrected chi connectivity index (χ2v) is 7.20. The molecule has 1 aliphatic rings. The van der Waals surface area contributed by atoms with E-state index in [1.165, 1.54) is 0 Å². The first-order chi connectivity index (χ1) is 9.08. The van der Waals surface area contributed by atoms with Crippen molar-refractivity contribution in [3.8, 4) is 0 Å². The van der Waals surface area contributed by atoms with Crippen molar-refractivity contribution in [2.24, 2.45) is 11.7 Å². The highest BCUT2D eigenvalue weighted by Gasteiger charge is 2.26. The van der Waals surface area contributed by atoms with E-state index in [9.17, 15) is 8.42 Å². The molecule has 1 aliphatic heterocycles. The molecule has 1 saturated heterocycles. The summed E-state index contributed by atoms with van der Waals surface area (Å²) in [6, 6.07) is 7.32. The lowest BCUT2D eigenvalue weighted by atomic mass is 10.1. The Morgan fingerprint density at radius 1 is 1.37 bits per heavy atom. The van der Waals surface area contributed by atoms with Gasteiger partial charge in [0.1, 0.15) is 0 Å². The minimum atomic E-state index is -3.18. The highest BCUT2D eigenvalue weighted by atomic mass is 32.2. The maximum Gasteiger partial charge on any atom is 0.180 e. The van der Waals surface area contributed by atoms with Crippen LogP contribution in [0.15, 0.2) is 29.2 Å². The number of rotatable bonds is 5. The first-order valence-electron chi connectivity index (χ1n) is 6.85. The molecule has 0 aliphatic carbocycles. The molecule has 0 aromatic heterocycles. The van der Waals surface area contributed by atoms with E-state index in [1.54, 1.807) is 12.1 Å². The lowest BCUT2D eigenvalue weighted by molar-refractivity contribution is 0.593. The molecular weight excluding hydrogens is 260 g/mol. The Morgan fingerprint density at radius 3 is 2.74 bits per heavy atom. The number of para-hydroxylation sites is 1. The molecule has 1 unspecified atom stereocenters. The third kappa shape index (κ3) is 3.09. The van der Waals surface area contributed by atoms with E-state index in [4.69, 9.17) is 5.73 Å². The quantitative estimate of drug-likeness (QED) is 0.892. The maximum atomic E-state index is 12.3. The van der Waals surface area contributed by atoms with Crippen LogP contribution in [0.5, 0.6) is 0 Å². The Bertz CT molecular complexity index is 528. The average Bonchev–Trinajstić information content (AvgIpc) is 2.87. The zero-order valence-corrected chi connectivity index (χ0v) is 12.2. The molecule has 5 heteroatoms. The number of nitrogens with zero attached hydrogens (tertiary/aromatic N) is 1. The van der Waals surface area contributed by atoms with Crippen molar-refractivity contribution in [2.45, 2.75) is 24.7 Å². The van der Waals surface area contributed by atoms with Crippen LogP contribution in [-0.2, 0) is 9.84 Å². The van der Waals surface area contributed by atoms with Gasteiger partial charge < -0.3 is 10.6 Å². The van der Waals surface area contributed by atoms with E-state index in [1.807, 2.05) is 19.1 Å². The van der Waals surface area contributed by atoms with Crippen molar-refractivity contribution in [1.29, 1.82) is 0 Å². The third-order valence-electron chi connectivity index (χ3n) is 3.63. The standard InChI is InChI=1S/C14H22N2O2S/c1-2-9-19(17,18)14-6-4-3-5-13(14)16-8-7-12(10-15)11-16/h3-6,12H,2,7-11,15H2,1H3. The van der Waals surface area contributed by atoms with Gasteiger partial charge in [-0.2, -0.15) is 0 Å². The van der Waals surface area contributed by atoms with E-state index >= 15 is 0 Å². The molecule has 2 rings (SSSR count). The maximum absolute atomic E-state index is 12.3. The topological polar surface area (TPSA) is 63.4 Å². The monoisotopic (exact) mass is 282 g/mol. The number of hydrogen-bond acceptors (Lipinski definition) is 4. The zero-order valence-electron chi connectivity index (χ0n) is 11.4. The predicted molar refractivity (Wildman–Crippen MR) is 78.2 cm³/mol. The van der Waals surface area contributed by atoms with Crippen LogP contribution in [-0.4, -0.2) is 33.8 Å². The number of benzene rings is 1. The molecule has 1 heterocycles. The normalized spacial score (nSPS) is 19.9. The van der Waals surface area contributed by atoms with Gasteiger partial charge in [-0.1, -0.05) is 19.1 Å². The molecule has 1 atom stereocenters. The fourth-order valence-electron chi connectivity index (χ4n) is 2.60. The summed E-state index contributed by atoms with van der Waals surface area (Å²) in [5.41, 5.74) is 6.54. The summed E-state index contributed by atoms with van der Waals surface area (Å²) in [6.07, 6.45) is 1.68. The van der Waals surface area contributed by atoms with E-state index in [2.05, 4.69) is 4.90 Å². The van der Waals surface area contributed by atoms with E-state index in [0.29, 0.717) is 23.8 Å². The number of nitrogens with two attached hydrogens (primary N) is 1. The Hall–Kier alpha value is -1.07. The summed E-state index contributed by atoms with van der Waals surface area (Å²) < 4.78 is 24.6. The highest BCUT2D eigenvalue weighted by molar-refractivity contribution is 7.91. The summed E-state index contributed by atoms with van der Waals surface area (Å²) in [5, 5.41) is 0. The summed E-state index contributed by atoms with van der Waals surface area (Å²) >= 11 is 0. The summed E-state index contributed by atoms with van der Waals surface area (Å²) in [7, 11) is -3.18. The Kier molecular flexibility index (Phi) is 4.47. The molecule has 0 radical (unpaired) electrons. The molecule has 0 amide bonds. The highest BCUT2D eigenvalue weighted by Crippen LogP contribution is 2.30. The second kappa shape index (κ2) is 5.92. The fourth-order valence-corrected chi connectivity index (χ4v) is 4.16. The minimum absolute atomic E-state index is 0.207. The van der Waals surface area contributed by atoms with Gasteiger partial charge in [0.15, 0.2) is 9.84 Å². The molecule has 0 saturated carbocycles. The Labute approximate surface area is 115 Å². The van der Waals surface area contributed by atoms with Gasteiger partial charge in [0.2, 0.25) is 0 Å². The van der Waals surface area contributed by atoms with Crippen molar-refractivity contribution < 1.29 is 8.42 Å². The van der Waals surface area contributed by atoms with Crippen LogP contribution in [0.4, 0.5) is 5.69 Å². The Balaban J connectivity index is 2.32.